The fourth-order valence-corrected chi connectivity index (χ4v) is 6.34. The van der Waals surface area contributed by atoms with Crippen molar-refractivity contribution in [2.24, 2.45) is 5.41 Å². The molecule has 8 nitrogen and oxygen atoms in total. The molecule has 1 saturated heterocycles. The van der Waals surface area contributed by atoms with E-state index in [1.54, 1.807) is 11.1 Å². The van der Waals surface area contributed by atoms with E-state index in [-0.39, 0.29) is 34.8 Å². The van der Waals surface area contributed by atoms with Crippen molar-refractivity contribution in [3.8, 4) is 17.2 Å². The number of carbonyl (C=O) groups is 1. The summed E-state index contributed by atoms with van der Waals surface area (Å²) in [5.74, 6) is 1.68. The summed E-state index contributed by atoms with van der Waals surface area (Å²) in [5.41, 5.74) is 3.07. The predicted octanol–water partition coefficient (Wildman–Crippen LogP) is 6.00. The Morgan fingerprint density at radius 1 is 1.17 bits per heavy atom. The lowest BCUT2D eigenvalue weighted by Crippen LogP contribution is -2.65. The number of amides is 1. The number of benzene rings is 2. The van der Waals surface area contributed by atoms with Crippen molar-refractivity contribution >= 4 is 11.7 Å². The smallest absolute Gasteiger partial charge is 0.257 e. The molecule has 2 fully saturated rings. The summed E-state index contributed by atoms with van der Waals surface area (Å²) < 4.78 is 26.9. The van der Waals surface area contributed by atoms with Crippen molar-refractivity contribution in [1.29, 1.82) is 0 Å². The van der Waals surface area contributed by atoms with Gasteiger partial charge in [-0.2, -0.15) is 0 Å². The first-order valence-corrected chi connectivity index (χ1v) is 15.2. The van der Waals surface area contributed by atoms with Gasteiger partial charge in [-0.1, -0.05) is 26.0 Å². The standard InChI is InChI=1S/C31H36FN5O3.C2H6/c1-4-37(20(2)3)30(38)25-12-22(32)8-9-27(25)40-28-16-34-19-35-29(28)36-17-31(18-36)13-23(14-31)39-26-7-5-6-21-15-33-11-10-24(21)26;1-2/h5-9,12,16,19-20,23,33H,4,10-11,13-15,17-18H2,1-3H3;1-2H3. The molecule has 3 heterocycles. The highest BCUT2D eigenvalue weighted by atomic mass is 19.1. The van der Waals surface area contributed by atoms with Gasteiger partial charge in [-0.3, -0.25) is 4.79 Å². The number of hydrogen-bond donors (Lipinski definition) is 1. The second-order valence-electron chi connectivity index (χ2n) is 11.5. The third kappa shape index (κ3) is 5.93. The Hall–Kier alpha value is -3.72. The molecule has 9 heteroatoms. The third-order valence-corrected chi connectivity index (χ3v) is 8.34. The molecule has 1 spiro atoms. The van der Waals surface area contributed by atoms with Crippen LogP contribution in [-0.2, 0) is 13.0 Å². The highest BCUT2D eigenvalue weighted by molar-refractivity contribution is 5.97. The first-order valence-electron chi connectivity index (χ1n) is 15.2. The third-order valence-electron chi connectivity index (χ3n) is 8.34. The van der Waals surface area contributed by atoms with Gasteiger partial charge < -0.3 is 24.6 Å². The molecular formula is C33H42FN5O3. The molecule has 0 radical (unpaired) electrons. The Balaban J connectivity index is 0.00000173. The first-order chi connectivity index (χ1) is 20.4. The van der Waals surface area contributed by atoms with Crippen LogP contribution in [0.1, 0.15) is 68.9 Å². The molecule has 42 heavy (non-hydrogen) atoms. The topological polar surface area (TPSA) is 79.8 Å². The Morgan fingerprint density at radius 2 is 1.95 bits per heavy atom. The fourth-order valence-electron chi connectivity index (χ4n) is 6.34. The molecule has 3 aromatic rings. The summed E-state index contributed by atoms with van der Waals surface area (Å²) in [4.78, 5) is 25.8. The van der Waals surface area contributed by atoms with Crippen LogP contribution in [0.2, 0.25) is 0 Å². The van der Waals surface area contributed by atoms with Gasteiger partial charge >= 0.3 is 0 Å². The van der Waals surface area contributed by atoms with Gasteiger partial charge in [0.25, 0.3) is 5.91 Å². The Labute approximate surface area is 248 Å². The summed E-state index contributed by atoms with van der Waals surface area (Å²) in [6.07, 6.45) is 6.34. The van der Waals surface area contributed by atoms with Gasteiger partial charge in [0.05, 0.1) is 11.8 Å². The molecule has 2 aliphatic heterocycles. The van der Waals surface area contributed by atoms with Gasteiger partial charge in [-0.25, -0.2) is 14.4 Å². The lowest BCUT2D eigenvalue weighted by atomic mass is 9.61. The summed E-state index contributed by atoms with van der Waals surface area (Å²) in [6, 6.07) is 10.4. The maximum atomic E-state index is 14.2. The Morgan fingerprint density at radius 3 is 2.69 bits per heavy atom. The van der Waals surface area contributed by atoms with Crippen molar-refractivity contribution < 1.29 is 18.7 Å². The molecular weight excluding hydrogens is 533 g/mol. The lowest BCUT2D eigenvalue weighted by molar-refractivity contribution is -0.0349. The highest BCUT2D eigenvalue weighted by Gasteiger charge is 2.54. The van der Waals surface area contributed by atoms with E-state index in [1.807, 2.05) is 34.6 Å². The average molecular weight is 576 g/mol. The number of halogens is 1. The molecule has 224 valence electrons. The van der Waals surface area contributed by atoms with E-state index in [0.29, 0.717) is 18.1 Å². The van der Waals surface area contributed by atoms with Crippen LogP contribution in [0.25, 0.3) is 0 Å². The van der Waals surface area contributed by atoms with Crippen LogP contribution in [-0.4, -0.2) is 59.1 Å². The quantitative estimate of drug-likeness (QED) is 0.353. The largest absolute Gasteiger partial charge is 0.490 e. The SMILES string of the molecule is CC.CCN(C(=O)c1cc(F)ccc1Oc1cncnc1N1CC2(CC(Oc3cccc4c3CCNC4)C2)C1)C(C)C. The van der Waals surface area contributed by atoms with Gasteiger partial charge in [0.15, 0.2) is 11.6 Å². The zero-order valence-electron chi connectivity index (χ0n) is 25.3. The number of fused-ring (bicyclic) bond motifs is 1. The van der Waals surface area contributed by atoms with Crippen LogP contribution in [0.4, 0.5) is 10.2 Å². The maximum absolute atomic E-state index is 14.2. The molecule has 2 aromatic carbocycles. The lowest BCUT2D eigenvalue weighted by Gasteiger charge is -2.59. The van der Waals surface area contributed by atoms with Crippen molar-refractivity contribution in [3.63, 3.8) is 0 Å². The van der Waals surface area contributed by atoms with E-state index >= 15 is 0 Å². The second-order valence-corrected chi connectivity index (χ2v) is 11.5. The van der Waals surface area contributed by atoms with Crippen LogP contribution in [0.5, 0.6) is 17.2 Å². The minimum Gasteiger partial charge on any atom is -0.490 e. The zero-order valence-corrected chi connectivity index (χ0v) is 25.3. The van der Waals surface area contributed by atoms with Crippen LogP contribution in [0.3, 0.4) is 0 Å². The molecule has 1 aliphatic carbocycles. The average Bonchev–Trinajstić information content (AvgIpc) is 2.96. The second kappa shape index (κ2) is 12.7. The normalized spacial score (nSPS) is 17.0. The number of rotatable bonds is 8. The van der Waals surface area contributed by atoms with Gasteiger partial charge in [0, 0.05) is 37.6 Å². The number of anilines is 1. The van der Waals surface area contributed by atoms with Gasteiger partial charge in [-0.15, -0.1) is 0 Å². The summed E-state index contributed by atoms with van der Waals surface area (Å²) >= 11 is 0. The molecule has 1 aromatic heterocycles. The van der Waals surface area contributed by atoms with E-state index in [9.17, 15) is 9.18 Å². The van der Waals surface area contributed by atoms with Gasteiger partial charge in [-0.05, 0) is 82.0 Å². The highest BCUT2D eigenvalue weighted by Crippen LogP contribution is 2.52. The van der Waals surface area contributed by atoms with Crippen molar-refractivity contribution in [2.75, 3.05) is 31.1 Å². The van der Waals surface area contributed by atoms with Crippen molar-refractivity contribution in [1.82, 2.24) is 20.2 Å². The summed E-state index contributed by atoms with van der Waals surface area (Å²) in [7, 11) is 0. The molecule has 1 N–H and O–H groups in total. The van der Waals surface area contributed by atoms with Gasteiger partial charge in [0.1, 0.15) is 29.7 Å². The maximum Gasteiger partial charge on any atom is 0.257 e. The number of ether oxygens (including phenoxy) is 2. The van der Waals surface area contributed by atoms with E-state index in [4.69, 9.17) is 9.47 Å². The molecule has 0 atom stereocenters. The number of hydrogen-bond acceptors (Lipinski definition) is 7. The Kier molecular flexibility index (Phi) is 8.96. The van der Waals surface area contributed by atoms with Crippen molar-refractivity contribution in [3.05, 3.63) is 71.4 Å². The van der Waals surface area contributed by atoms with E-state index in [2.05, 4.69) is 38.4 Å². The minimum absolute atomic E-state index is 0.0267. The van der Waals surface area contributed by atoms with Crippen LogP contribution in [0, 0.1) is 11.2 Å². The molecule has 1 amide bonds. The van der Waals surface area contributed by atoms with Crippen LogP contribution in [0.15, 0.2) is 48.9 Å². The summed E-state index contributed by atoms with van der Waals surface area (Å²) in [6.45, 7) is 13.9. The van der Waals surface area contributed by atoms with Crippen molar-refractivity contribution in [2.45, 2.75) is 72.6 Å². The Bertz CT molecular complexity index is 1400. The van der Waals surface area contributed by atoms with Crippen LogP contribution >= 0.6 is 0 Å². The number of aromatic nitrogens is 2. The fraction of sp³-hybridized carbons (Fsp3) is 0.485. The molecule has 0 bridgehead atoms. The predicted molar refractivity (Wildman–Crippen MR) is 162 cm³/mol. The number of nitrogens with zero attached hydrogens (tertiary/aromatic N) is 4. The van der Waals surface area contributed by atoms with E-state index in [0.717, 1.165) is 51.2 Å². The van der Waals surface area contributed by atoms with E-state index in [1.165, 1.54) is 35.7 Å². The number of nitrogens with one attached hydrogen (secondary N) is 1. The van der Waals surface area contributed by atoms with Gasteiger partial charge in [0.2, 0.25) is 0 Å². The van der Waals surface area contributed by atoms with E-state index < -0.39 is 5.82 Å². The molecule has 1 saturated carbocycles. The number of carbonyl (C=O) groups excluding carboxylic acids is 1. The monoisotopic (exact) mass is 575 g/mol. The summed E-state index contributed by atoms with van der Waals surface area (Å²) in [5, 5.41) is 3.43. The molecule has 0 unspecified atom stereocenters. The first kappa shape index (κ1) is 29.8. The van der Waals surface area contributed by atoms with Crippen LogP contribution < -0.4 is 19.7 Å². The minimum atomic E-state index is -0.487. The molecule has 3 aliphatic rings. The zero-order chi connectivity index (χ0) is 29.9. The molecule has 6 rings (SSSR count).